The molecule has 0 bridgehead atoms. The summed E-state index contributed by atoms with van der Waals surface area (Å²) >= 11 is 0. The first kappa shape index (κ1) is 20.5. The molecule has 1 saturated carbocycles. The first-order valence-corrected chi connectivity index (χ1v) is 9.57. The van der Waals surface area contributed by atoms with Crippen LogP contribution >= 0.6 is 0 Å². The van der Waals surface area contributed by atoms with Gasteiger partial charge in [-0.3, -0.25) is 0 Å². The predicted octanol–water partition coefficient (Wildman–Crippen LogP) is 5.60. The molecule has 2 aliphatic rings. The highest BCUT2D eigenvalue weighted by atomic mass is 19.4. The zero-order valence-electron chi connectivity index (χ0n) is 15.3. The Labute approximate surface area is 148 Å². The fraction of sp³-hybridized carbons (Fsp3) is 0.947. The van der Waals surface area contributed by atoms with Crippen molar-refractivity contribution in [1.29, 1.82) is 5.26 Å². The van der Waals surface area contributed by atoms with Gasteiger partial charge in [-0.25, -0.2) is 0 Å². The van der Waals surface area contributed by atoms with Gasteiger partial charge in [0.25, 0.3) is 0 Å². The van der Waals surface area contributed by atoms with Gasteiger partial charge < -0.3 is 9.47 Å². The van der Waals surface area contributed by atoms with Gasteiger partial charge in [0.1, 0.15) is 0 Å². The number of ether oxygens (including phenoxy) is 2. The average Bonchev–Trinajstić information content (AvgIpc) is 2.60. The van der Waals surface area contributed by atoms with E-state index in [1.54, 1.807) is 0 Å². The molecular weight excluding hydrogens is 331 g/mol. The maximum Gasteiger partial charge on any atom is 0.417 e. The molecule has 0 spiro atoms. The van der Waals surface area contributed by atoms with Gasteiger partial charge in [-0.15, -0.1) is 0 Å². The zero-order valence-corrected chi connectivity index (χ0v) is 15.3. The number of halogens is 3. The second-order valence-electron chi connectivity index (χ2n) is 7.68. The van der Waals surface area contributed by atoms with E-state index in [9.17, 15) is 13.2 Å². The summed E-state index contributed by atoms with van der Waals surface area (Å²) in [6.45, 7) is 4.42. The van der Waals surface area contributed by atoms with Crippen LogP contribution in [-0.4, -0.2) is 24.7 Å². The lowest BCUT2D eigenvalue weighted by atomic mass is 9.70. The molecule has 1 aliphatic carbocycles. The number of hydrogen-bond donors (Lipinski definition) is 0. The van der Waals surface area contributed by atoms with Crippen molar-refractivity contribution in [3.05, 3.63) is 0 Å². The maximum absolute atomic E-state index is 13.8. The first-order valence-electron chi connectivity index (χ1n) is 9.57. The molecule has 0 aromatic rings. The van der Waals surface area contributed by atoms with Crippen LogP contribution < -0.4 is 0 Å². The Hall–Kier alpha value is -0.800. The van der Waals surface area contributed by atoms with Crippen LogP contribution in [0.25, 0.3) is 0 Å². The number of rotatable bonds is 6. The van der Waals surface area contributed by atoms with Crippen molar-refractivity contribution in [2.24, 2.45) is 17.8 Å². The Bertz CT molecular complexity index is 447. The van der Waals surface area contributed by atoms with E-state index in [0.717, 1.165) is 25.7 Å². The normalized spacial score (nSPS) is 33.4. The summed E-state index contributed by atoms with van der Waals surface area (Å²) in [4.78, 5) is 0. The van der Waals surface area contributed by atoms with Crippen molar-refractivity contribution >= 4 is 0 Å². The monoisotopic (exact) mass is 361 g/mol. The second-order valence-corrected chi connectivity index (χ2v) is 7.68. The second kappa shape index (κ2) is 8.73. The van der Waals surface area contributed by atoms with Gasteiger partial charge in [0, 0.05) is 12.5 Å². The third-order valence-electron chi connectivity index (χ3n) is 5.92. The summed E-state index contributed by atoms with van der Waals surface area (Å²) in [5, 5.41) is 9.02. The van der Waals surface area contributed by atoms with E-state index < -0.39 is 18.1 Å². The molecule has 0 aromatic heterocycles. The molecule has 0 radical (unpaired) electrons. The number of alkyl halides is 3. The minimum atomic E-state index is -4.37. The minimum Gasteiger partial charge on any atom is -0.353 e. The highest BCUT2D eigenvalue weighted by Crippen LogP contribution is 2.49. The molecule has 0 aromatic carbocycles. The summed E-state index contributed by atoms with van der Waals surface area (Å²) in [6.07, 6.45) is -0.151. The van der Waals surface area contributed by atoms with E-state index >= 15 is 0 Å². The quantitative estimate of drug-likeness (QED) is 0.619. The van der Waals surface area contributed by atoms with Crippen LogP contribution in [0.2, 0.25) is 0 Å². The van der Waals surface area contributed by atoms with Crippen LogP contribution in [0.3, 0.4) is 0 Å². The van der Waals surface area contributed by atoms with Gasteiger partial charge in [-0.2, -0.15) is 18.4 Å². The molecule has 1 aliphatic heterocycles. The van der Waals surface area contributed by atoms with Crippen LogP contribution in [0.15, 0.2) is 0 Å². The number of nitrogens with zero attached hydrogens (tertiary/aromatic N) is 1. The van der Waals surface area contributed by atoms with Crippen molar-refractivity contribution in [2.45, 2.75) is 89.7 Å². The summed E-state index contributed by atoms with van der Waals surface area (Å²) in [5.41, 5.74) is -2.06. The van der Waals surface area contributed by atoms with Crippen LogP contribution in [0, 0.1) is 29.1 Å². The standard InChI is InChI=1S/C19H30F3NO2/c1-3-15(12-14(2)13-23)16-7-9-18(10-8-16,19(20,21)22)25-17-6-4-5-11-24-17/h14-17H,3-12H2,1-2H3. The third kappa shape index (κ3) is 5.10. The van der Waals surface area contributed by atoms with Gasteiger partial charge in [0.05, 0.1) is 6.07 Å². The number of nitriles is 1. The van der Waals surface area contributed by atoms with Gasteiger partial charge in [-0.1, -0.05) is 13.3 Å². The first-order chi connectivity index (χ1) is 11.8. The Morgan fingerprint density at radius 1 is 1.24 bits per heavy atom. The molecule has 2 fully saturated rings. The van der Waals surface area contributed by atoms with Crippen molar-refractivity contribution in [3.63, 3.8) is 0 Å². The van der Waals surface area contributed by atoms with Crippen LogP contribution in [0.5, 0.6) is 0 Å². The molecule has 25 heavy (non-hydrogen) atoms. The lowest BCUT2D eigenvalue weighted by Crippen LogP contribution is -2.53. The molecule has 144 valence electrons. The van der Waals surface area contributed by atoms with E-state index in [-0.39, 0.29) is 24.7 Å². The molecule has 0 N–H and O–H groups in total. The Kier molecular flexibility index (Phi) is 7.16. The lowest BCUT2D eigenvalue weighted by Gasteiger charge is -2.45. The molecule has 2 rings (SSSR count). The fourth-order valence-electron chi connectivity index (χ4n) is 4.30. The summed E-state index contributed by atoms with van der Waals surface area (Å²) in [7, 11) is 0. The van der Waals surface area contributed by atoms with E-state index in [2.05, 4.69) is 13.0 Å². The average molecular weight is 361 g/mol. The number of hydrogen-bond acceptors (Lipinski definition) is 3. The van der Waals surface area contributed by atoms with Crippen molar-refractivity contribution in [1.82, 2.24) is 0 Å². The highest BCUT2D eigenvalue weighted by Gasteiger charge is 2.58. The van der Waals surface area contributed by atoms with Crippen molar-refractivity contribution in [2.75, 3.05) is 6.61 Å². The third-order valence-corrected chi connectivity index (χ3v) is 5.92. The topological polar surface area (TPSA) is 42.2 Å². The highest BCUT2D eigenvalue weighted by molar-refractivity contribution is 4.96. The summed E-state index contributed by atoms with van der Waals surface area (Å²) < 4.78 is 52.4. The van der Waals surface area contributed by atoms with Gasteiger partial charge in [-0.05, 0) is 70.1 Å². The molecule has 3 atom stereocenters. The Balaban J connectivity index is 2.01. The van der Waals surface area contributed by atoms with E-state index in [0.29, 0.717) is 31.8 Å². The fourth-order valence-corrected chi connectivity index (χ4v) is 4.30. The molecule has 1 heterocycles. The lowest BCUT2D eigenvalue weighted by molar-refractivity contribution is -0.339. The van der Waals surface area contributed by atoms with E-state index in [1.807, 2.05) is 6.92 Å². The van der Waals surface area contributed by atoms with Crippen molar-refractivity contribution < 1.29 is 22.6 Å². The minimum absolute atomic E-state index is 0.00153. The molecule has 1 saturated heterocycles. The summed E-state index contributed by atoms with van der Waals surface area (Å²) in [5.74, 6) is 0.505. The van der Waals surface area contributed by atoms with Crippen molar-refractivity contribution in [3.8, 4) is 6.07 Å². The van der Waals surface area contributed by atoms with E-state index in [4.69, 9.17) is 14.7 Å². The largest absolute Gasteiger partial charge is 0.417 e. The molecule has 3 unspecified atom stereocenters. The molecule has 0 amide bonds. The predicted molar refractivity (Wildman–Crippen MR) is 88.6 cm³/mol. The summed E-state index contributed by atoms with van der Waals surface area (Å²) in [6, 6.07) is 2.24. The molecular formula is C19H30F3NO2. The molecule has 3 nitrogen and oxygen atoms in total. The van der Waals surface area contributed by atoms with Gasteiger partial charge in [0.2, 0.25) is 0 Å². The SMILES string of the molecule is CCC(CC(C)C#N)C1CCC(OC2CCCCO2)(C(F)(F)F)CC1. The van der Waals surface area contributed by atoms with E-state index in [1.165, 1.54) is 0 Å². The maximum atomic E-state index is 13.8. The Morgan fingerprint density at radius 3 is 2.40 bits per heavy atom. The zero-order chi connectivity index (χ0) is 18.5. The molecule has 6 heteroatoms. The van der Waals surface area contributed by atoms with Gasteiger partial charge in [0.15, 0.2) is 11.9 Å². The van der Waals surface area contributed by atoms with Crippen LogP contribution in [0.4, 0.5) is 13.2 Å². The smallest absolute Gasteiger partial charge is 0.353 e. The van der Waals surface area contributed by atoms with Crippen LogP contribution in [0.1, 0.15) is 71.6 Å². The Morgan fingerprint density at radius 2 is 1.92 bits per heavy atom. The van der Waals surface area contributed by atoms with Gasteiger partial charge >= 0.3 is 6.18 Å². The van der Waals surface area contributed by atoms with Crippen LogP contribution in [-0.2, 0) is 9.47 Å².